The minimum absolute atomic E-state index is 0.187. The summed E-state index contributed by atoms with van der Waals surface area (Å²) in [5.74, 6) is 0.743. The molecule has 31 heavy (non-hydrogen) atoms. The highest BCUT2D eigenvalue weighted by molar-refractivity contribution is 9.10. The van der Waals surface area contributed by atoms with Gasteiger partial charge in [0, 0.05) is 35.2 Å². The molecule has 0 aliphatic heterocycles. The van der Waals surface area contributed by atoms with Gasteiger partial charge >= 0.3 is 0 Å². The quantitative estimate of drug-likeness (QED) is 0.381. The molecule has 1 atom stereocenters. The fourth-order valence-corrected chi connectivity index (χ4v) is 3.53. The van der Waals surface area contributed by atoms with Crippen molar-refractivity contribution in [2.45, 2.75) is 32.4 Å². The third-order valence-corrected chi connectivity index (χ3v) is 5.31. The summed E-state index contributed by atoms with van der Waals surface area (Å²) in [6.07, 6.45) is 3.55. The number of halogens is 1. The molecule has 4 rings (SSSR count). The van der Waals surface area contributed by atoms with Gasteiger partial charge in [0.15, 0.2) is 11.5 Å². The van der Waals surface area contributed by atoms with Gasteiger partial charge in [-0.3, -0.25) is 9.48 Å². The van der Waals surface area contributed by atoms with Crippen LogP contribution in [0.15, 0.2) is 35.1 Å². The van der Waals surface area contributed by atoms with E-state index in [0.29, 0.717) is 24.0 Å². The van der Waals surface area contributed by atoms with Crippen molar-refractivity contribution in [3.63, 3.8) is 0 Å². The largest absolute Gasteiger partial charge is 0.353 e. The van der Waals surface area contributed by atoms with Crippen LogP contribution in [0.1, 0.15) is 20.8 Å². The zero-order valence-corrected chi connectivity index (χ0v) is 19.3. The van der Waals surface area contributed by atoms with Gasteiger partial charge in [-0.2, -0.15) is 9.61 Å². The topological polar surface area (TPSA) is 128 Å². The van der Waals surface area contributed by atoms with E-state index in [9.17, 15) is 4.79 Å². The van der Waals surface area contributed by atoms with Crippen molar-refractivity contribution in [2.75, 3.05) is 11.9 Å². The Bertz CT molecular complexity index is 1270. The average Bonchev–Trinajstić information content (AvgIpc) is 3.33. The molecule has 1 aromatic carbocycles. The minimum Gasteiger partial charge on any atom is -0.353 e. The highest BCUT2D eigenvalue weighted by atomic mass is 79.9. The number of carbonyl (C=O) groups excluding carboxylic acids is 1. The molecule has 0 aliphatic carbocycles. The van der Waals surface area contributed by atoms with E-state index in [-0.39, 0.29) is 5.91 Å². The molecule has 4 N–H and O–H groups in total. The first-order valence-electron chi connectivity index (χ1n) is 9.79. The molecule has 0 aliphatic rings. The van der Waals surface area contributed by atoms with Gasteiger partial charge in [0.05, 0.1) is 17.3 Å². The second-order valence-electron chi connectivity index (χ2n) is 8.22. The molecule has 3 aromatic heterocycles. The van der Waals surface area contributed by atoms with E-state index in [1.54, 1.807) is 22.3 Å². The van der Waals surface area contributed by atoms with Gasteiger partial charge in [-0.1, -0.05) is 6.07 Å². The number of rotatable bonds is 6. The number of hydrogen-bond donors (Lipinski definition) is 3. The van der Waals surface area contributed by atoms with Crippen molar-refractivity contribution in [2.24, 2.45) is 12.8 Å². The number of anilines is 1. The lowest BCUT2D eigenvalue weighted by atomic mass is 10.1. The average molecular weight is 486 g/mol. The monoisotopic (exact) mass is 485 g/mol. The normalized spacial score (nSPS) is 13.0. The molecule has 4 aromatic rings. The second-order valence-corrected chi connectivity index (χ2v) is 9.07. The number of benzene rings is 1. The van der Waals surface area contributed by atoms with E-state index in [4.69, 9.17) is 15.7 Å². The van der Waals surface area contributed by atoms with Crippen LogP contribution in [-0.4, -0.2) is 53.4 Å². The molecule has 11 heteroatoms. The number of hydrogen-bond acceptors (Lipinski definition) is 7. The number of carbonyl (C=O) groups is 1. The maximum absolute atomic E-state index is 12.6. The Balaban J connectivity index is 1.77. The Kier molecular flexibility index (Phi) is 5.40. The first-order chi connectivity index (χ1) is 14.6. The molecule has 0 saturated carbocycles. The number of fused-ring (bicyclic) bond motifs is 3. The summed E-state index contributed by atoms with van der Waals surface area (Å²) in [7, 11) is 1.84. The van der Waals surface area contributed by atoms with Gasteiger partial charge < -0.3 is 16.4 Å². The molecule has 0 saturated heterocycles. The second kappa shape index (κ2) is 7.89. The fraction of sp³-hybridized carbons (Fsp3) is 0.350. The van der Waals surface area contributed by atoms with Crippen LogP contribution >= 0.6 is 15.9 Å². The Hall–Kier alpha value is -3.05. The maximum Gasteiger partial charge on any atom is 0.242 e. The van der Waals surface area contributed by atoms with E-state index >= 15 is 0 Å². The number of amides is 1. The van der Waals surface area contributed by atoms with Crippen LogP contribution in [0, 0.1) is 0 Å². The van der Waals surface area contributed by atoms with Gasteiger partial charge in [-0.05, 0) is 48.8 Å². The highest BCUT2D eigenvalue weighted by Gasteiger charge is 2.21. The van der Waals surface area contributed by atoms with Crippen LogP contribution in [0.25, 0.3) is 27.9 Å². The van der Waals surface area contributed by atoms with Crippen molar-refractivity contribution < 1.29 is 4.79 Å². The molecule has 3 heterocycles. The molecule has 0 bridgehead atoms. The molecule has 0 radical (unpaired) electrons. The van der Waals surface area contributed by atoms with Crippen molar-refractivity contribution in [3.8, 4) is 11.4 Å². The number of nitrogens with two attached hydrogens (primary N) is 1. The van der Waals surface area contributed by atoms with Crippen molar-refractivity contribution in [3.05, 3.63) is 35.1 Å². The maximum atomic E-state index is 12.6. The zero-order chi connectivity index (χ0) is 22.3. The third kappa shape index (κ3) is 4.37. The van der Waals surface area contributed by atoms with Gasteiger partial charge in [-0.15, -0.1) is 5.10 Å². The van der Waals surface area contributed by atoms with Crippen molar-refractivity contribution >= 4 is 44.3 Å². The molecule has 162 valence electrons. The first kappa shape index (κ1) is 21.2. The fourth-order valence-electron chi connectivity index (χ4n) is 3.08. The van der Waals surface area contributed by atoms with Crippen LogP contribution in [0.2, 0.25) is 0 Å². The van der Waals surface area contributed by atoms with Crippen molar-refractivity contribution in [1.29, 1.82) is 0 Å². The molecule has 0 unspecified atom stereocenters. The molecule has 0 spiro atoms. The molecular formula is C20H24BrN9O. The van der Waals surface area contributed by atoms with Gasteiger partial charge in [-0.25, -0.2) is 9.97 Å². The van der Waals surface area contributed by atoms with Crippen LogP contribution in [0.3, 0.4) is 0 Å². The summed E-state index contributed by atoms with van der Waals surface area (Å²) in [6, 6.07) is 5.20. The van der Waals surface area contributed by atoms with Crippen LogP contribution < -0.4 is 16.4 Å². The Morgan fingerprint density at radius 2 is 2.10 bits per heavy atom. The number of aromatic nitrogens is 6. The summed E-state index contributed by atoms with van der Waals surface area (Å²) in [4.78, 5) is 22.0. The number of nitrogens with one attached hydrogen (secondary N) is 2. The summed E-state index contributed by atoms with van der Waals surface area (Å²) in [5.41, 5.74) is 7.60. The van der Waals surface area contributed by atoms with Crippen LogP contribution in [0.4, 0.5) is 5.95 Å². The smallest absolute Gasteiger partial charge is 0.242 e. The third-order valence-electron chi connectivity index (χ3n) is 4.67. The minimum atomic E-state index is -0.566. The highest BCUT2D eigenvalue weighted by Crippen LogP contribution is 2.28. The van der Waals surface area contributed by atoms with Crippen molar-refractivity contribution in [1.82, 2.24) is 34.7 Å². The molecular weight excluding hydrogens is 462 g/mol. The number of nitrogens with zero attached hydrogens (tertiary/aromatic N) is 6. The molecule has 1 amide bonds. The van der Waals surface area contributed by atoms with Crippen LogP contribution in [0.5, 0.6) is 0 Å². The first-order valence-corrected chi connectivity index (χ1v) is 10.6. The van der Waals surface area contributed by atoms with E-state index in [0.717, 1.165) is 20.9 Å². The van der Waals surface area contributed by atoms with E-state index in [2.05, 4.69) is 36.8 Å². The zero-order valence-electron chi connectivity index (χ0n) is 17.7. The molecule has 0 fully saturated rings. The van der Waals surface area contributed by atoms with E-state index in [1.165, 1.54) is 0 Å². The predicted octanol–water partition coefficient (Wildman–Crippen LogP) is 2.09. The standard InChI is InChI=1S/C20H24BrN9O/c1-11(18(31)23-10-20(2,3)22)25-19-26-15-13(6-5-7-14(15)21)17-27-16(28-30(17)19)12-8-24-29(4)9-12/h5-9,11H,10,22H2,1-4H3,(H,23,31)(H,25,26)/t11-/m1/s1. The molecule has 10 nitrogen and oxygen atoms in total. The van der Waals surface area contributed by atoms with E-state index in [1.807, 2.05) is 45.3 Å². The predicted molar refractivity (Wildman–Crippen MR) is 123 cm³/mol. The van der Waals surface area contributed by atoms with Gasteiger partial charge in [0.25, 0.3) is 0 Å². The Morgan fingerprint density at radius 3 is 2.77 bits per heavy atom. The SMILES string of the molecule is C[C@@H](Nc1nc2c(Br)cccc2c2nc(-c3cnn(C)c3)nn12)C(=O)NCC(C)(C)N. The van der Waals surface area contributed by atoms with Gasteiger partial charge in [0.2, 0.25) is 11.9 Å². The van der Waals surface area contributed by atoms with Gasteiger partial charge in [0.1, 0.15) is 6.04 Å². The number of aryl methyl sites for hydroxylation is 1. The Morgan fingerprint density at radius 1 is 1.32 bits per heavy atom. The Labute approximate surface area is 187 Å². The summed E-state index contributed by atoms with van der Waals surface area (Å²) in [5, 5.41) is 15.7. The lowest BCUT2D eigenvalue weighted by Crippen LogP contribution is -2.48. The van der Waals surface area contributed by atoms with Crippen LogP contribution in [-0.2, 0) is 11.8 Å². The summed E-state index contributed by atoms with van der Waals surface area (Å²) < 4.78 is 4.13. The summed E-state index contributed by atoms with van der Waals surface area (Å²) >= 11 is 3.56. The summed E-state index contributed by atoms with van der Waals surface area (Å²) in [6.45, 7) is 5.83. The lowest BCUT2D eigenvalue weighted by Gasteiger charge is -2.21. The number of para-hydroxylation sites is 1. The van der Waals surface area contributed by atoms with E-state index < -0.39 is 11.6 Å². The lowest BCUT2D eigenvalue weighted by molar-refractivity contribution is -0.121.